The molecule has 2 aromatic rings. The fraction of sp³-hybridized carbons (Fsp3) is 0.409. The van der Waals surface area contributed by atoms with Crippen molar-refractivity contribution in [3.8, 4) is 5.75 Å². The third-order valence-corrected chi connectivity index (χ3v) is 5.50. The predicted octanol–water partition coefficient (Wildman–Crippen LogP) is 2.51. The zero-order valence-corrected chi connectivity index (χ0v) is 15.4. The van der Waals surface area contributed by atoms with Gasteiger partial charge in [-0.2, -0.15) is 0 Å². The van der Waals surface area contributed by atoms with Crippen molar-refractivity contribution < 1.29 is 14.6 Å². The molecule has 1 heterocycles. The molecule has 5 nitrogen and oxygen atoms in total. The van der Waals surface area contributed by atoms with Gasteiger partial charge < -0.3 is 15.2 Å². The summed E-state index contributed by atoms with van der Waals surface area (Å²) in [4.78, 5) is 14.9. The van der Waals surface area contributed by atoms with Gasteiger partial charge in [0.1, 0.15) is 12.4 Å². The molecule has 5 heteroatoms. The molecule has 4 rings (SSSR count). The van der Waals surface area contributed by atoms with Gasteiger partial charge in [0.2, 0.25) is 5.91 Å². The van der Waals surface area contributed by atoms with Crippen molar-refractivity contribution in [2.24, 2.45) is 5.92 Å². The molecule has 1 aliphatic carbocycles. The molecule has 2 aliphatic rings. The third kappa shape index (κ3) is 4.31. The minimum Gasteiger partial charge on any atom is -0.492 e. The van der Waals surface area contributed by atoms with Gasteiger partial charge in [0.05, 0.1) is 18.7 Å². The van der Waals surface area contributed by atoms with E-state index in [1.807, 2.05) is 54.6 Å². The number of ether oxygens (including phenoxy) is 1. The summed E-state index contributed by atoms with van der Waals surface area (Å²) >= 11 is 0. The van der Waals surface area contributed by atoms with Crippen molar-refractivity contribution in [3.63, 3.8) is 0 Å². The lowest BCUT2D eigenvalue weighted by atomic mass is 9.75. The number of hydrogen-bond donors (Lipinski definition) is 2. The van der Waals surface area contributed by atoms with E-state index in [9.17, 15) is 9.90 Å². The van der Waals surface area contributed by atoms with Crippen LogP contribution in [-0.4, -0.2) is 41.7 Å². The van der Waals surface area contributed by atoms with E-state index in [1.165, 1.54) is 0 Å². The summed E-state index contributed by atoms with van der Waals surface area (Å²) in [7, 11) is 0. The molecule has 1 atom stereocenters. The number of para-hydroxylation sites is 1. The van der Waals surface area contributed by atoms with Crippen molar-refractivity contribution in [2.75, 3.05) is 19.7 Å². The van der Waals surface area contributed by atoms with E-state index in [2.05, 4.69) is 10.2 Å². The van der Waals surface area contributed by atoms with Crippen LogP contribution in [0.4, 0.5) is 0 Å². The number of nitrogens with zero attached hydrogens (tertiary/aromatic N) is 1. The van der Waals surface area contributed by atoms with E-state index in [1.54, 1.807) is 0 Å². The highest BCUT2D eigenvalue weighted by Crippen LogP contribution is 2.38. The molecule has 2 aromatic carbocycles. The van der Waals surface area contributed by atoms with E-state index in [0.717, 1.165) is 36.3 Å². The van der Waals surface area contributed by atoms with Crippen LogP contribution >= 0.6 is 0 Å². The molecule has 0 saturated heterocycles. The zero-order chi connectivity index (χ0) is 18.6. The van der Waals surface area contributed by atoms with Crippen LogP contribution in [0.2, 0.25) is 0 Å². The second-order valence-corrected chi connectivity index (χ2v) is 7.51. The Labute approximate surface area is 160 Å². The molecule has 27 heavy (non-hydrogen) atoms. The van der Waals surface area contributed by atoms with Gasteiger partial charge in [-0.3, -0.25) is 9.69 Å². The Morgan fingerprint density at radius 1 is 1.15 bits per heavy atom. The minimum absolute atomic E-state index is 0.0182. The Kier molecular flexibility index (Phi) is 5.41. The maximum Gasteiger partial charge on any atom is 0.234 e. The Morgan fingerprint density at radius 2 is 1.89 bits per heavy atom. The average Bonchev–Trinajstić information content (AvgIpc) is 2.86. The number of hydrogen-bond acceptors (Lipinski definition) is 4. The quantitative estimate of drug-likeness (QED) is 0.854. The Hall–Kier alpha value is -2.37. The first-order valence-corrected chi connectivity index (χ1v) is 9.64. The molecule has 1 saturated carbocycles. The highest BCUT2D eigenvalue weighted by Gasteiger charge is 2.35. The highest BCUT2D eigenvalue weighted by atomic mass is 16.5. The number of amides is 1. The van der Waals surface area contributed by atoms with Crippen molar-refractivity contribution in [1.29, 1.82) is 0 Å². The van der Waals surface area contributed by atoms with Gasteiger partial charge in [-0.25, -0.2) is 0 Å². The smallest absolute Gasteiger partial charge is 0.234 e. The second kappa shape index (κ2) is 8.11. The first-order chi connectivity index (χ1) is 13.2. The van der Waals surface area contributed by atoms with Gasteiger partial charge in [0, 0.05) is 18.7 Å². The summed E-state index contributed by atoms with van der Waals surface area (Å²) in [6, 6.07) is 18.0. The Morgan fingerprint density at radius 3 is 2.67 bits per heavy atom. The van der Waals surface area contributed by atoms with Gasteiger partial charge in [0.25, 0.3) is 0 Å². The van der Waals surface area contributed by atoms with E-state index in [4.69, 9.17) is 4.74 Å². The van der Waals surface area contributed by atoms with Crippen molar-refractivity contribution >= 4 is 5.91 Å². The Bertz CT molecular complexity index is 774. The fourth-order valence-electron chi connectivity index (χ4n) is 3.97. The second-order valence-electron chi connectivity index (χ2n) is 7.51. The van der Waals surface area contributed by atoms with Crippen molar-refractivity contribution in [3.05, 3.63) is 65.7 Å². The summed E-state index contributed by atoms with van der Waals surface area (Å²) in [6.45, 7) is 2.36. The molecule has 0 radical (unpaired) electrons. The summed E-state index contributed by atoms with van der Waals surface area (Å²) in [6.07, 6.45) is 1.24. The monoisotopic (exact) mass is 366 g/mol. The molecule has 1 aliphatic heterocycles. The molecule has 1 fully saturated rings. The highest BCUT2D eigenvalue weighted by molar-refractivity contribution is 5.78. The van der Waals surface area contributed by atoms with E-state index < -0.39 is 0 Å². The molecular weight excluding hydrogens is 340 g/mol. The maximum absolute atomic E-state index is 12.8. The van der Waals surface area contributed by atoms with Crippen LogP contribution in [0.15, 0.2) is 54.6 Å². The number of nitrogens with one attached hydrogen (secondary N) is 1. The third-order valence-electron chi connectivity index (χ3n) is 5.50. The standard InChI is InChI=1S/C22H26N2O3/c25-19-12-18(13-19)22(16-6-2-1-3-7-16)23-21(26)15-24-10-11-27-20-9-5-4-8-17(20)14-24/h1-9,18-19,22,25H,10-15H2,(H,23,26)/t18?,19?,22-/m1/s1. The molecule has 142 valence electrons. The fourth-order valence-corrected chi connectivity index (χ4v) is 3.97. The lowest BCUT2D eigenvalue weighted by Gasteiger charge is -2.38. The summed E-state index contributed by atoms with van der Waals surface area (Å²) in [5.74, 6) is 1.22. The molecule has 0 bridgehead atoms. The molecule has 0 aromatic heterocycles. The number of benzene rings is 2. The zero-order valence-electron chi connectivity index (χ0n) is 15.4. The van der Waals surface area contributed by atoms with Crippen LogP contribution < -0.4 is 10.1 Å². The number of aliphatic hydroxyl groups excluding tert-OH is 1. The topological polar surface area (TPSA) is 61.8 Å². The van der Waals surface area contributed by atoms with Gasteiger partial charge in [-0.05, 0) is 30.4 Å². The summed E-state index contributed by atoms with van der Waals surface area (Å²) in [5, 5.41) is 12.9. The van der Waals surface area contributed by atoms with E-state index in [0.29, 0.717) is 25.6 Å². The Balaban J connectivity index is 1.41. The van der Waals surface area contributed by atoms with Gasteiger partial charge in [-0.1, -0.05) is 48.5 Å². The van der Waals surface area contributed by atoms with Crippen LogP contribution in [-0.2, 0) is 11.3 Å². The van der Waals surface area contributed by atoms with Crippen LogP contribution in [0.3, 0.4) is 0 Å². The lowest BCUT2D eigenvalue weighted by molar-refractivity contribution is -0.124. The molecular formula is C22H26N2O3. The number of carbonyl (C=O) groups is 1. The molecule has 2 N–H and O–H groups in total. The SMILES string of the molecule is O=C(CN1CCOc2ccccc2C1)N[C@H](c1ccccc1)C1CC(O)C1. The van der Waals surface area contributed by atoms with Crippen LogP contribution in [0.5, 0.6) is 5.75 Å². The number of carbonyl (C=O) groups excluding carboxylic acids is 1. The van der Waals surface area contributed by atoms with Crippen LogP contribution in [0, 0.1) is 5.92 Å². The minimum atomic E-state index is -0.239. The van der Waals surface area contributed by atoms with Crippen molar-refractivity contribution in [1.82, 2.24) is 10.2 Å². The van der Waals surface area contributed by atoms with E-state index >= 15 is 0 Å². The first-order valence-electron chi connectivity index (χ1n) is 9.64. The van der Waals surface area contributed by atoms with Gasteiger partial charge in [0.15, 0.2) is 0 Å². The van der Waals surface area contributed by atoms with Crippen molar-refractivity contribution in [2.45, 2.75) is 31.5 Å². The first kappa shape index (κ1) is 18.0. The predicted molar refractivity (Wildman–Crippen MR) is 103 cm³/mol. The molecule has 0 spiro atoms. The summed E-state index contributed by atoms with van der Waals surface area (Å²) in [5.41, 5.74) is 2.22. The lowest BCUT2D eigenvalue weighted by Crippen LogP contribution is -2.45. The summed E-state index contributed by atoms with van der Waals surface area (Å²) < 4.78 is 5.79. The molecule has 1 amide bonds. The van der Waals surface area contributed by atoms with Gasteiger partial charge >= 0.3 is 0 Å². The normalized spacial score (nSPS) is 23.3. The van der Waals surface area contributed by atoms with Gasteiger partial charge in [-0.15, -0.1) is 0 Å². The molecule has 0 unspecified atom stereocenters. The maximum atomic E-state index is 12.8. The van der Waals surface area contributed by atoms with Crippen LogP contribution in [0.25, 0.3) is 0 Å². The number of rotatable bonds is 5. The average molecular weight is 366 g/mol. The van der Waals surface area contributed by atoms with E-state index in [-0.39, 0.29) is 18.1 Å². The number of fused-ring (bicyclic) bond motifs is 1. The van der Waals surface area contributed by atoms with Crippen LogP contribution in [0.1, 0.15) is 30.0 Å². The largest absolute Gasteiger partial charge is 0.492 e. The number of aliphatic hydroxyl groups is 1.